The summed E-state index contributed by atoms with van der Waals surface area (Å²) in [5, 5.41) is 33.5. The lowest BCUT2D eigenvalue weighted by molar-refractivity contribution is -0.257. The minimum atomic E-state index is -0.811. The van der Waals surface area contributed by atoms with E-state index >= 15 is 0 Å². The number of hydrogen-bond donors (Lipinski definition) is 3. The molecule has 3 unspecified atom stereocenters. The Balaban J connectivity index is 1.48. The van der Waals surface area contributed by atoms with E-state index in [0.29, 0.717) is 17.8 Å². The second-order valence-corrected chi connectivity index (χ2v) is 15.5. The molecule has 5 fully saturated rings. The minimum absolute atomic E-state index is 0.0704. The zero-order chi connectivity index (χ0) is 25.1. The van der Waals surface area contributed by atoms with Gasteiger partial charge in [0, 0.05) is 0 Å². The van der Waals surface area contributed by atoms with Crippen LogP contribution in [-0.4, -0.2) is 44.8 Å². The van der Waals surface area contributed by atoms with Crippen LogP contribution in [-0.2, 0) is 4.74 Å². The molecule has 0 amide bonds. The molecule has 1 saturated heterocycles. The molecule has 5 rings (SSSR count). The molecule has 1 aliphatic heterocycles. The van der Waals surface area contributed by atoms with Gasteiger partial charge in [0.25, 0.3) is 0 Å². The van der Waals surface area contributed by atoms with Gasteiger partial charge < -0.3 is 20.1 Å². The first-order valence-electron chi connectivity index (χ1n) is 14.3. The minimum Gasteiger partial charge on any atom is -0.393 e. The number of aliphatic hydroxyl groups is 3. The summed E-state index contributed by atoms with van der Waals surface area (Å²) in [5.41, 5.74) is -0.766. The summed E-state index contributed by atoms with van der Waals surface area (Å²) in [5.74, 6) is 1.63. The van der Waals surface area contributed by atoms with Crippen molar-refractivity contribution in [1.29, 1.82) is 0 Å². The number of aliphatic hydroxyl groups excluding tert-OH is 2. The van der Waals surface area contributed by atoms with Crippen LogP contribution < -0.4 is 0 Å². The molecule has 0 spiro atoms. The summed E-state index contributed by atoms with van der Waals surface area (Å²) >= 11 is 0. The van der Waals surface area contributed by atoms with Gasteiger partial charge in [-0.1, -0.05) is 34.6 Å². The number of ether oxygens (including phenoxy) is 1. The van der Waals surface area contributed by atoms with Crippen molar-refractivity contribution >= 4 is 0 Å². The second-order valence-electron chi connectivity index (χ2n) is 15.5. The van der Waals surface area contributed by atoms with Crippen LogP contribution in [0.1, 0.15) is 113 Å². The van der Waals surface area contributed by atoms with Gasteiger partial charge in [0.2, 0.25) is 0 Å². The average Bonchev–Trinajstić information content (AvgIpc) is 3.27. The quantitative estimate of drug-likeness (QED) is 0.477. The van der Waals surface area contributed by atoms with Crippen LogP contribution in [0.2, 0.25) is 0 Å². The lowest BCUT2D eigenvalue weighted by Crippen LogP contribution is -2.67. The Morgan fingerprint density at radius 2 is 1.41 bits per heavy atom. The molecule has 0 radical (unpaired) electrons. The maximum Gasteiger partial charge on any atom is 0.0865 e. The van der Waals surface area contributed by atoms with Crippen molar-refractivity contribution < 1.29 is 20.1 Å². The first-order chi connectivity index (χ1) is 15.5. The summed E-state index contributed by atoms with van der Waals surface area (Å²) < 4.78 is 6.68. The molecule has 196 valence electrons. The van der Waals surface area contributed by atoms with Gasteiger partial charge in [-0.15, -0.1) is 0 Å². The molecule has 1 heterocycles. The zero-order valence-electron chi connectivity index (χ0n) is 23.2. The fourth-order valence-corrected chi connectivity index (χ4v) is 11.2. The highest BCUT2D eigenvalue weighted by molar-refractivity contribution is 5.20. The second kappa shape index (κ2) is 7.45. The fraction of sp³-hybridized carbons (Fsp3) is 1.00. The summed E-state index contributed by atoms with van der Waals surface area (Å²) in [7, 11) is 0. The van der Waals surface area contributed by atoms with Crippen LogP contribution in [0, 0.1) is 45.3 Å². The van der Waals surface area contributed by atoms with Gasteiger partial charge >= 0.3 is 0 Å². The van der Waals surface area contributed by atoms with E-state index in [0.717, 1.165) is 51.4 Å². The zero-order valence-corrected chi connectivity index (χ0v) is 23.2. The van der Waals surface area contributed by atoms with Crippen molar-refractivity contribution in [2.45, 2.75) is 143 Å². The van der Waals surface area contributed by atoms with Crippen molar-refractivity contribution in [2.75, 3.05) is 0 Å². The Kier molecular flexibility index (Phi) is 5.59. The highest BCUT2D eigenvalue weighted by atomic mass is 16.5. The van der Waals surface area contributed by atoms with E-state index in [1.807, 2.05) is 13.8 Å². The highest BCUT2D eigenvalue weighted by Gasteiger charge is 2.72. The van der Waals surface area contributed by atoms with E-state index in [1.165, 1.54) is 6.42 Å². The highest BCUT2D eigenvalue weighted by Crippen LogP contribution is 2.76. The van der Waals surface area contributed by atoms with Crippen molar-refractivity contribution in [3.05, 3.63) is 0 Å². The largest absolute Gasteiger partial charge is 0.393 e. The van der Waals surface area contributed by atoms with E-state index in [2.05, 4.69) is 41.5 Å². The molecular weight excluding hydrogens is 424 g/mol. The fourth-order valence-electron chi connectivity index (χ4n) is 11.2. The average molecular weight is 477 g/mol. The monoisotopic (exact) mass is 476 g/mol. The number of hydrogen-bond acceptors (Lipinski definition) is 4. The van der Waals surface area contributed by atoms with Crippen LogP contribution in [0.15, 0.2) is 0 Å². The molecule has 4 heteroatoms. The van der Waals surface area contributed by atoms with E-state index < -0.39 is 5.60 Å². The summed E-state index contributed by atoms with van der Waals surface area (Å²) in [4.78, 5) is 0. The van der Waals surface area contributed by atoms with Crippen LogP contribution in [0.5, 0.6) is 0 Å². The molecule has 4 nitrogen and oxygen atoms in total. The predicted octanol–water partition coefficient (Wildman–Crippen LogP) is 5.71. The van der Waals surface area contributed by atoms with Gasteiger partial charge in [0.15, 0.2) is 0 Å². The van der Waals surface area contributed by atoms with Crippen molar-refractivity contribution in [1.82, 2.24) is 0 Å². The van der Waals surface area contributed by atoms with Gasteiger partial charge in [-0.25, -0.2) is 0 Å². The van der Waals surface area contributed by atoms with Crippen molar-refractivity contribution in [2.24, 2.45) is 45.3 Å². The third kappa shape index (κ3) is 3.16. The molecule has 4 aliphatic carbocycles. The Bertz CT molecular complexity index is 817. The normalized spacial score (nSPS) is 57.1. The van der Waals surface area contributed by atoms with Crippen molar-refractivity contribution in [3.63, 3.8) is 0 Å². The van der Waals surface area contributed by atoms with E-state index in [4.69, 9.17) is 4.74 Å². The molecule has 3 N–H and O–H groups in total. The van der Waals surface area contributed by atoms with Gasteiger partial charge in [0.05, 0.1) is 29.5 Å². The Morgan fingerprint density at radius 3 is 2.03 bits per heavy atom. The maximum absolute atomic E-state index is 12.0. The Morgan fingerprint density at radius 1 is 0.765 bits per heavy atom. The molecule has 0 aromatic rings. The van der Waals surface area contributed by atoms with Gasteiger partial charge in [-0.3, -0.25) is 0 Å². The summed E-state index contributed by atoms with van der Waals surface area (Å²) in [6.45, 7) is 18.1. The first-order valence-corrected chi connectivity index (χ1v) is 14.3. The lowest BCUT2D eigenvalue weighted by atomic mass is 9.35. The van der Waals surface area contributed by atoms with Crippen LogP contribution in [0.3, 0.4) is 0 Å². The Hall–Kier alpha value is -0.160. The number of fused-ring (bicyclic) bond motifs is 5. The molecule has 0 aromatic heterocycles. The van der Waals surface area contributed by atoms with E-state index in [9.17, 15) is 15.3 Å². The Labute approximate surface area is 208 Å². The van der Waals surface area contributed by atoms with Crippen LogP contribution in [0.25, 0.3) is 0 Å². The predicted molar refractivity (Wildman–Crippen MR) is 135 cm³/mol. The lowest BCUT2D eigenvalue weighted by Gasteiger charge is -2.70. The molecule has 11 atom stereocenters. The number of rotatable bonds is 2. The third-order valence-electron chi connectivity index (χ3n) is 13.2. The third-order valence-corrected chi connectivity index (χ3v) is 13.2. The topological polar surface area (TPSA) is 69.9 Å². The first kappa shape index (κ1) is 25.5. The molecule has 34 heavy (non-hydrogen) atoms. The van der Waals surface area contributed by atoms with Crippen molar-refractivity contribution in [3.8, 4) is 0 Å². The molecule has 4 saturated carbocycles. The SMILES string of the molecule is CC(C)(O)[C@@H]1CC[C@](C)([C@H]2CC[C@]3(C)C2C[C@@H](O)C2[C@@]4(C)CC[C@@H](O)C(C)(C)C4CC[C@]23C)O1. The smallest absolute Gasteiger partial charge is 0.0865 e. The van der Waals surface area contributed by atoms with Gasteiger partial charge in [0.1, 0.15) is 0 Å². The van der Waals surface area contributed by atoms with E-state index in [1.54, 1.807) is 0 Å². The molecule has 5 aliphatic rings. The standard InChI is InChI=1S/C30H52O4/c1-25(2)21-10-15-29(7)24(27(21,5)13-11-22(25)32)20(31)17-19-18(9-14-28(19,29)6)30(8)16-12-23(34-30)26(3,4)33/h18-24,31-33H,9-17H2,1-8H3/t18-,19?,20+,21?,22+,23-,24?,27-,28+,29+,30+/m0/s1. The summed E-state index contributed by atoms with van der Waals surface area (Å²) in [6, 6.07) is 0. The van der Waals surface area contributed by atoms with Gasteiger partial charge in [-0.05, 0) is 124 Å². The van der Waals surface area contributed by atoms with E-state index in [-0.39, 0.29) is 51.5 Å². The molecule has 0 aromatic carbocycles. The van der Waals surface area contributed by atoms with Gasteiger partial charge in [-0.2, -0.15) is 0 Å². The van der Waals surface area contributed by atoms with Crippen LogP contribution >= 0.6 is 0 Å². The molecule has 0 bridgehead atoms. The molecular formula is C30H52O4. The van der Waals surface area contributed by atoms with Crippen LogP contribution in [0.4, 0.5) is 0 Å². The summed E-state index contributed by atoms with van der Waals surface area (Å²) in [6.07, 6.45) is 8.71. The maximum atomic E-state index is 12.0.